The van der Waals surface area contributed by atoms with Crippen LogP contribution in [0.5, 0.6) is 0 Å². The highest BCUT2D eigenvalue weighted by Crippen LogP contribution is 2.25. The highest BCUT2D eigenvalue weighted by atomic mass is 35.5. The van der Waals surface area contributed by atoms with Crippen LogP contribution in [0, 0.1) is 0 Å². The molecule has 1 aromatic carbocycles. The number of rotatable bonds is 0. The summed E-state index contributed by atoms with van der Waals surface area (Å²) in [5.41, 5.74) is 5.31. The zero-order valence-corrected chi connectivity index (χ0v) is 12.0. The van der Waals surface area contributed by atoms with Crippen molar-refractivity contribution >= 4 is 11.6 Å². The fourth-order valence-electron chi connectivity index (χ4n) is 2.31. The number of pyridine rings is 1. The van der Waals surface area contributed by atoms with Gasteiger partial charge in [-0.2, -0.15) is 0 Å². The van der Waals surface area contributed by atoms with Gasteiger partial charge >= 0.3 is 0 Å². The van der Waals surface area contributed by atoms with Gasteiger partial charge in [0.05, 0.1) is 0 Å². The standard InChI is InChI=1S/C14H12ClN.C3H6/c15-13-6-5-12-9-14-10(2-1-7-16-14)3-4-11(12)8-13;1-3-2/h1-2,5-8H,3-4,9H2;3H,1H2,2H3. The Hall–Kier alpha value is -1.60. The average Bonchev–Trinajstić information content (AvgIpc) is 2.58. The van der Waals surface area contributed by atoms with Crippen molar-refractivity contribution in [2.75, 3.05) is 0 Å². The van der Waals surface area contributed by atoms with E-state index in [4.69, 9.17) is 11.6 Å². The topological polar surface area (TPSA) is 12.9 Å². The summed E-state index contributed by atoms with van der Waals surface area (Å²) >= 11 is 6.03. The lowest BCUT2D eigenvalue weighted by Crippen LogP contribution is -1.95. The molecule has 98 valence electrons. The van der Waals surface area contributed by atoms with Gasteiger partial charge in [0.25, 0.3) is 0 Å². The molecule has 0 amide bonds. The third-order valence-electron chi connectivity index (χ3n) is 3.17. The highest BCUT2D eigenvalue weighted by Gasteiger charge is 2.13. The van der Waals surface area contributed by atoms with Crippen LogP contribution < -0.4 is 0 Å². The summed E-state index contributed by atoms with van der Waals surface area (Å²) < 4.78 is 0. The Bertz CT molecular complexity index is 575. The van der Waals surface area contributed by atoms with Crippen LogP contribution in [-0.2, 0) is 19.3 Å². The van der Waals surface area contributed by atoms with Gasteiger partial charge in [0.15, 0.2) is 0 Å². The molecular formula is C17H18ClN. The van der Waals surface area contributed by atoms with Crippen molar-refractivity contribution in [2.45, 2.75) is 26.2 Å². The van der Waals surface area contributed by atoms with Gasteiger partial charge in [-0.3, -0.25) is 4.98 Å². The Labute approximate surface area is 120 Å². The van der Waals surface area contributed by atoms with Crippen LogP contribution in [0.2, 0.25) is 5.02 Å². The van der Waals surface area contributed by atoms with Crippen LogP contribution >= 0.6 is 11.6 Å². The summed E-state index contributed by atoms with van der Waals surface area (Å²) in [4.78, 5) is 4.47. The number of allylic oxidation sites excluding steroid dienone is 1. The predicted molar refractivity (Wildman–Crippen MR) is 81.8 cm³/mol. The van der Waals surface area contributed by atoms with Gasteiger partial charge in [0.1, 0.15) is 0 Å². The van der Waals surface area contributed by atoms with E-state index >= 15 is 0 Å². The molecule has 0 unspecified atom stereocenters. The molecule has 1 aliphatic carbocycles. The normalized spacial score (nSPS) is 12.3. The number of halogens is 1. The molecule has 0 spiro atoms. The maximum absolute atomic E-state index is 6.03. The minimum atomic E-state index is 0.831. The van der Waals surface area contributed by atoms with E-state index in [1.807, 2.05) is 25.3 Å². The van der Waals surface area contributed by atoms with E-state index in [2.05, 4.69) is 29.8 Å². The molecule has 0 radical (unpaired) electrons. The maximum Gasteiger partial charge on any atom is 0.0479 e. The van der Waals surface area contributed by atoms with Crippen LogP contribution in [0.15, 0.2) is 49.2 Å². The zero-order valence-electron chi connectivity index (χ0n) is 11.2. The summed E-state index contributed by atoms with van der Waals surface area (Å²) in [5.74, 6) is 0. The Balaban J connectivity index is 0.000000408. The number of aromatic nitrogens is 1. The Morgan fingerprint density at radius 3 is 2.68 bits per heavy atom. The van der Waals surface area contributed by atoms with Crippen molar-refractivity contribution in [2.24, 2.45) is 0 Å². The van der Waals surface area contributed by atoms with Crippen molar-refractivity contribution in [3.8, 4) is 0 Å². The van der Waals surface area contributed by atoms with E-state index in [0.29, 0.717) is 0 Å². The number of benzene rings is 1. The molecule has 19 heavy (non-hydrogen) atoms. The summed E-state index contributed by atoms with van der Waals surface area (Å²) in [7, 11) is 0. The lowest BCUT2D eigenvalue weighted by atomic mass is 10.0. The van der Waals surface area contributed by atoms with Gasteiger partial charge in [-0.25, -0.2) is 0 Å². The molecule has 0 bridgehead atoms. The van der Waals surface area contributed by atoms with Gasteiger partial charge in [0, 0.05) is 23.3 Å². The van der Waals surface area contributed by atoms with E-state index < -0.39 is 0 Å². The quantitative estimate of drug-likeness (QED) is 0.637. The Kier molecular flexibility index (Phi) is 4.75. The van der Waals surface area contributed by atoms with Crippen LogP contribution in [0.25, 0.3) is 0 Å². The fraction of sp³-hybridized carbons (Fsp3) is 0.235. The van der Waals surface area contributed by atoms with Gasteiger partial charge < -0.3 is 0 Å². The molecule has 0 saturated heterocycles. The third kappa shape index (κ3) is 3.45. The first kappa shape index (κ1) is 13.8. The molecule has 1 aromatic heterocycles. The molecule has 1 nitrogen and oxygen atoms in total. The van der Waals surface area contributed by atoms with Crippen LogP contribution in [-0.4, -0.2) is 4.98 Å². The van der Waals surface area contributed by atoms with Crippen LogP contribution in [0.1, 0.15) is 29.3 Å². The molecular weight excluding hydrogens is 254 g/mol. The van der Waals surface area contributed by atoms with Gasteiger partial charge in [0.2, 0.25) is 0 Å². The number of hydrogen-bond acceptors (Lipinski definition) is 1. The SMILES string of the molecule is C=CC.Clc1ccc2c(c1)CCc1cccnc1C2. The van der Waals surface area contributed by atoms with Crippen LogP contribution in [0.3, 0.4) is 0 Å². The molecule has 0 atom stereocenters. The highest BCUT2D eigenvalue weighted by molar-refractivity contribution is 6.30. The van der Waals surface area contributed by atoms with Gasteiger partial charge in [-0.15, -0.1) is 6.58 Å². The van der Waals surface area contributed by atoms with Crippen LogP contribution in [0.4, 0.5) is 0 Å². The average molecular weight is 272 g/mol. The number of nitrogens with zero attached hydrogens (tertiary/aromatic N) is 1. The Morgan fingerprint density at radius 2 is 1.89 bits per heavy atom. The summed E-state index contributed by atoms with van der Waals surface area (Å²) in [6.45, 7) is 5.25. The molecule has 0 saturated carbocycles. The Morgan fingerprint density at radius 1 is 1.16 bits per heavy atom. The molecule has 3 rings (SSSR count). The second kappa shape index (κ2) is 6.53. The van der Waals surface area contributed by atoms with E-state index in [-0.39, 0.29) is 0 Å². The van der Waals surface area contributed by atoms with Crippen molar-refractivity contribution < 1.29 is 0 Å². The minimum Gasteiger partial charge on any atom is -0.261 e. The van der Waals surface area contributed by atoms with E-state index in [1.54, 1.807) is 6.08 Å². The first-order valence-corrected chi connectivity index (χ1v) is 6.89. The fourth-order valence-corrected chi connectivity index (χ4v) is 2.50. The predicted octanol–water partition coefficient (Wildman–Crippen LogP) is 4.62. The van der Waals surface area contributed by atoms with Crippen molar-refractivity contribution in [3.63, 3.8) is 0 Å². The van der Waals surface area contributed by atoms with Crippen molar-refractivity contribution in [1.82, 2.24) is 4.98 Å². The molecule has 0 aliphatic heterocycles. The lowest BCUT2D eigenvalue weighted by Gasteiger charge is -2.05. The monoisotopic (exact) mass is 271 g/mol. The second-order valence-electron chi connectivity index (χ2n) is 4.61. The van der Waals surface area contributed by atoms with E-state index in [9.17, 15) is 0 Å². The number of aryl methyl sites for hydroxylation is 2. The molecule has 1 aliphatic rings. The summed E-state index contributed by atoms with van der Waals surface area (Å²) in [5, 5.41) is 0.831. The molecule has 0 fully saturated rings. The summed E-state index contributed by atoms with van der Waals surface area (Å²) in [6.07, 6.45) is 6.69. The second-order valence-corrected chi connectivity index (χ2v) is 5.04. The molecule has 0 N–H and O–H groups in total. The third-order valence-corrected chi connectivity index (χ3v) is 3.41. The van der Waals surface area contributed by atoms with E-state index in [1.165, 1.54) is 22.4 Å². The van der Waals surface area contributed by atoms with Gasteiger partial charge in [-0.1, -0.05) is 29.8 Å². The molecule has 2 aromatic rings. The van der Waals surface area contributed by atoms with Crippen molar-refractivity contribution in [1.29, 1.82) is 0 Å². The molecule has 2 heteroatoms. The smallest absolute Gasteiger partial charge is 0.0479 e. The minimum absolute atomic E-state index is 0.831. The van der Waals surface area contributed by atoms with Gasteiger partial charge in [-0.05, 0) is 54.7 Å². The number of fused-ring (bicyclic) bond motifs is 2. The largest absolute Gasteiger partial charge is 0.261 e. The molecule has 1 heterocycles. The van der Waals surface area contributed by atoms with Crippen molar-refractivity contribution in [3.05, 3.63) is 76.6 Å². The number of hydrogen-bond donors (Lipinski definition) is 0. The zero-order chi connectivity index (χ0) is 13.7. The summed E-state index contributed by atoms with van der Waals surface area (Å²) in [6, 6.07) is 10.4. The first-order valence-electron chi connectivity index (χ1n) is 6.51. The first-order chi connectivity index (χ1) is 9.24. The lowest BCUT2D eigenvalue weighted by molar-refractivity contribution is 0.952. The van der Waals surface area contributed by atoms with E-state index in [0.717, 1.165) is 24.3 Å². The maximum atomic E-state index is 6.03.